The molecular weight excluding hydrogens is 470 g/mol. The number of allylic oxidation sites excluding steroid dienone is 2. The third kappa shape index (κ3) is 24.2. The zero-order valence-corrected chi connectivity index (χ0v) is 23.6. The van der Waals surface area contributed by atoms with Gasteiger partial charge in [-0.15, -0.1) is 0 Å². The van der Waals surface area contributed by atoms with Gasteiger partial charge in [0.15, 0.2) is 0 Å². The summed E-state index contributed by atoms with van der Waals surface area (Å²) in [6, 6.07) is 0. The minimum Gasteiger partial charge on any atom is -0.481 e. The highest BCUT2D eigenvalue weighted by Gasteiger charge is 2.26. The second kappa shape index (κ2) is 24.4. The van der Waals surface area contributed by atoms with E-state index in [2.05, 4.69) is 19.1 Å². The first-order valence-corrected chi connectivity index (χ1v) is 15.0. The van der Waals surface area contributed by atoms with Gasteiger partial charge >= 0.3 is 17.9 Å². The SMILES string of the molecule is CCCCC/C=C/CCCCCCCC[N+](CCCCC(=O)O)(CCCCC(=O)O)CCCCC(=O)O. The summed E-state index contributed by atoms with van der Waals surface area (Å²) in [7, 11) is 0. The van der Waals surface area contributed by atoms with Crippen LogP contribution in [0.1, 0.15) is 135 Å². The molecule has 0 radical (unpaired) electrons. The minimum absolute atomic E-state index is 0.173. The van der Waals surface area contributed by atoms with Crippen molar-refractivity contribution in [2.45, 2.75) is 135 Å². The molecule has 0 saturated carbocycles. The Kier molecular flexibility index (Phi) is 23.2. The lowest BCUT2D eigenvalue weighted by atomic mass is 10.1. The first-order valence-electron chi connectivity index (χ1n) is 15.0. The third-order valence-electron chi connectivity index (χ3n) is 7.21. The van der Waals surface area contributed by atoms with Crippen molar-refractivity contribution in [3.8, 4) is 0 Å². The molecule has 0 amide bonds. The molecule has 37 heavy (non-hydrogen) atoms. The van der Waals surface area contributed by atoms with Gasteiger partial charge in [0.05, 0.1) is 26.2 Å². The molecule has 0 aromatic rings. The lowest BCUT2D eigenvalue weighted by Crippen LogP contribution is -2.51. The molecular formula is C30H56NO6+. The number of unbranched alkanes of at least 4 members (excludes halogenated alkanes) is 12. The number of aliphatic carboxylic acids is 3. The molecule has 0 spiro atoms. The van der Waals surface area contributed by atoms with Crippen LogP contribution in [-0.2, 0) is 14.4 Å². The summed E-state index contributed by atoms with van der Waals surface area (Å²) >= 11 is 0. The van der Waals surface area contributed by atoms with Gasteiger partial charge in [0.25, 0.3) is 0 Å². The summed E-state index contributed by atoms with van der Waals surface area (Å²) in [6.45, 7) is 5.90. The second-order valence-electron chi connectivity index (χ2n) is 10.7. The number of carboxylic acid groups (broad SMARTS) is 3. The van der Waals surface area contributed by atoms with E-state index in [1.807, 2.05) is 0 Å². The monoisotopic (exact) mass is 526 g/mol. The van der Waals surface area contributed by atoms with Crippen LogP contribution in [0.5, 0.6) is 0 Å². The topological polar surface area (TPSA) is 112 Å². The van der Waals surface area contributed by atoms with Crippen LogP contribution in [-0.4, -0.2) is 63.9 Å². The molecule has 0 fully saturated rings. The normalized spacial score (nSPS) is 11.8. The predicted molar refractivity (Wildman–Crippen MR) is 150 cm³/mol. The van der Waals surface area contributed by atoms with Crippen LogP contribution in [0.2, 0.25) is 0 Å². The maximum Gasteiger partial charge on any atom is 0.303 e. The number of carbonyl (C=O) groups is 3. The average molecular weight is 527 g/mol. The summed E-state index contributed by atoms with van der Waals surface area (Å²) in [6.07, 6.45) is 23.1. The van der Waals surface area contributed by atoms with Gasteiger partial charge in [-0.05, 0) is 77.0 Å². The quantitative estimate of drug-likeness (QED) is 0.0555. The fourth-order valence-corrected chi connectivity index (χ4v) is 5.01. The smallest absolute Gasteiger partial charge is 0.303 e. The maximum atomic E-state index is 11.0. The number of carboxylic acids is 3. The summed E-state index contributed by atoms with van der Waals surface area (Å²) in [4.78, 5) is 32.9. The van der Waals surface area contributed by atoms with Crippen LogP contribution in [0.25, 0.3) is 0 Å². The van der Waals surface area contributed by atoms with E-state index in [9.17, 15) is 14.4 Å². The Morgan fingerprint density at radius 1 is 0.486 bits per heavy atom. The van der Waals surface area contributed by atoms with Crippen LogP contribution in [0, 0.1) is 0 Å². The first-order chi connectivity index (χ1) is 17.8. The molecule has 0 aliphatic rings. The maximum absolute atomic E-state index is 11.0. The Labute approximate surface area is 225 Å². The summed E-state index contributed by atoms with van der Waals surface area (Å²) in [5.41, 5.74) is 0. The van der Waals surface area contributed by atoms with E-state index in [0.717, 1.165) is 56.3 Å². The Hall–Kier alpha value is -1.89. The molecule has 0 aliphatic carbocycles. The molecule has 7 heteroatoms. The van der Waals surface area contributed by atoms with Crippen LogP contribution in [0.3, 0.4) is 0 Å². The first kappa shape index (κ1) is 35.1. The van der Waals surface area contributed by atoms with E-state index in [1.165, 1.54) is 64.2 Å². The number of nitrogens with zero attached hydrogens (tertiary/aromatic N) is 1. The predicted octanol–water partition coefficient (Wildman–Crippen LogP) is 7.44. The standard InChI is InChI=1S/C30H55NO6/c1-2-3-4-5-6-7-8-9-10-11-12-13-17-24-31(25-18-14-21-28(32)33,26-19-15-22-29(34)35)27-20-16-23-30(36)37/h6-7H,2-5,8-27H2,1H3,(H2-,32,33,34,35,36,37)/p+1/b7-6+. The molecule has 0 saturated heterocycles. The molecule has 0 aliphatic heterocycles. The Morgan fingerprint density at radius 3 is 1.19 bits per heavy atom. The van der Waals surface area contributed by atoms with Crippen molar-refractivity contribution in [2.24, 2.45) is 0 Å². The fraction of sp³-hybridized carbons (Fsp3) is 0.833. The van der Waals surface area contributed by atoms with Crippen molar-refractivity contribution in [3.63, 3.8) is 0 Å². The number of quaternary nitrogens is 1. The van der Waals surface area contributed by atoms with E-state index < -0.39 is 17.9 Å². The Morgan fingerprint density at radius 2 is 0.811 bits per heavy atom. The van der Waals surface area contributed by atoms with E-state index in [4.69, 9.17) is 15.3 Å². The van der Waals surface area contributed by atoms with Crippen molar-refractivity contribution >= 4 is 17.9 Å². The van der Waals surface area contributed by atoms with Gasteiger partial charge in [-0.1, -0.05) is 51.2 Å². The highest BCUT2D eigenvalue weighted by atomic mass is 16.4. The van der Waals surface area contributed by atoms with Crippen molar-refractivity contribution in [3.05, 3.63) is 12.2 Å². The van der Waals surface area contributed by atoms with E-state index in [1.54, 1.807) is 0 Å². The van der Waals surface area contributed by atoms with Gasteiger partial charge in [-0.25, -0.2) is 0 Å². The van der Waals surface area contributed by atoms with Crippen LogP contribution in [0.4, 0.5) is 0 Å². The molecule has 0 atom stereocenters. The molecule has 0 aromatic carbocycles. The third-order valence-corrected chi connectivity index (χ3v) is 7.21. The molecule has 216 valence electrons. The fourth-order valence-electron chi connectivity index (χ4n) is 5.01. The van der Waals surface area contributed by atoms with Gasteiger partial charge in [-0.3, -0.25) is 14.4 Å². The van der Waals surface area contributed by atoms with E-state index >= 15 is 0 Å². The zero-order valence-electron chi connectivity index (χ0n) is 23.6. The lowest BCUT2D eigenvalue weighted by molar-refractivity contribution is -0.929. The molecule has 0 heterocycles. The van der Waals surface area contributed by atoms with E-state index in [0.29, 0.717) is 19.3 Å². The minimum atomic E-state index is -0.770. The average Bonchev–Trinajstić information content (AvgIpc) is 2.84. The van der Waals surface area contributed by atoms with E-state index in [-0.39, 0.29) is 19.3 Å². The Bertz CT molecular complexity index is 564. The zero-order chi connectivity index (χ0) is 27.6. The van der Waals surface area contributed by atoms with Crippen molar-refractivity contribution in [2.75, 3.05) is 26.2 Å². The molecule has 3 N–H and O–H groups in total. The van der Waals surface area contributed by atoms with Crippen molar-refractivity contribution in [1.29, 1.82) is 0 Å². The Balaban J connectivity index is 4.62. The highest BCUT2D eigenvalue weighted by molar-refractivity contribution is 5.67. The summed E-state index contributed by atoms with van der Waals surface area (Å²) in [5.74, 6) is -2.31. The van der Waals surface area contributed by atoms with Gasteiger partial charge in [-0.2, -0.15) is 0 Å². The molecule has 0 aromatic heterocycles. The molecule has 0 unspecified atom stereocenters. The summed E-state index contributed by atoms with van der Waals surface area (Å²) in [5, 5.41) is 27.0. The molecule has 0 bridgehead atoms. The lowest BCUT2D eigenvalue weighted by Gasteiger charge is -2.39. The van der Waals surface area contributed by atoms with Crippen LogP contribution < -0.4 is 0 Å². The molecule has 0 rings (SSSR count). The second-order valence-corrected chi connectivity index (χ2v) is 10.7. The largest absolute Gasteiger partial charge is 0.481 e. The summed E-state index contributed by atoms with van der Waals surface area (Å²) < 4.78 is 0.863. The van der Waals surface area contributed by atoms with Gasteiger partial charge in [0.1, 0.15) is 0 Å². The van der Waals surface area contributed by atoms with Gasteiger partial charge < -0.3 is 19.8 Å². The number of hydrogen-bond acceptors (Lipinski definition) is 3. The molecule has 7 nitrogen and oxygen atoms in total. The van der Waals surface area contributed by atoms with Crippen molar-refractivity contribution < 1.29 is 34.2 Å². The van der Waals surface area contributed by atoms with Crippen molar-refractivity contribution in [1.82, 2.24) is 0 Å². The number of rotatable bonds is 28. The van der Waals surface area contributed by atoms with Gasteiger partial charge in [0, 0.05) is 19.3 Å². The number of hydrogen-bond donors (Lipinski definition) is 3. The van der Waals surface area contributed by atoms with Crippen LogP contribution >= 0.6 is 0 Å². The van der Waals surface area contributed by atoms with Crippen LogP contribution in [0.15, 0.2) is 12.2 Å². The van der Waals surface area contributed by atoms with Gasteiger partial charge in [0.2, 0.25) is 0 Å². The highest BCUT2D eigenvalue weighted by Crippen LogP contribution is 2.19.